The van der Waals surface area contributed by atoms with Gasteiger partial charge in [0.25, 0.3) is 0 Å². The van der Waals surface area contributed by atoms with Crippen LogP contribution in [0.2, 0.25) is 0 Å². The number of Topliss-reactive ketones (excluding diaryl/α,β-unsaturated/α-hetero) is 1. The van der Waals surface area contributed by atoms with Gasteiger partial charge in [-0.15, -0.1) is 0 Å². The van der Waals surface area contributed by atoms with E-state index in [1.54, 1.807) is 6.20 Å². The topological polar surface area (TPSA) is 33.2 Å². The van der Waals surface area contributed by atoms with Crippen LogP contribution in [0.4, 0.5) is 0 Å². The summed E-state index contributed by atoms with van der Waals surface area (Å²) < 4.78 is 0. The summed E-state index contributed by atoms with van der Waals surface area (Å²) in [6, 6.07) is 3.75. The SMILES string of the molecule is Cc1ccc(C(=O)CCN2CCC2)nc1. The first-order chi connectivity index (χ1) is 7.25. The molecule has 15 heavy (non-hydrogen) atoms. The fourth-order valence-corrected chi connectivity index (χ4v) is 1.63. The summed E-state index contributed by atoms with van der Waals surface area (Å²) in [6.45, 7) is 5.15. The molecule has 0 aliphatic carbocycles. The maximum absolute atomic E-state index is 11.7. The van der Waals surface area contributed by atoms with Crippen molar-refractivity contribution in [1.29, 1.82) is 0 Å². The molecule has 1 saturated heterocycles. The first-order valence-corrected chi connectivity index (χ1v) is 5.44. The minimum atomic E-state index is 0.155. The summed E-state index contributed by atoms with van der Waals surface area (Å²) in [6.07, 6.45) is 3.61. The lowest BCUT2D eigenvalue weighted by Gasteiger charge is -2.30. The zero-order valence-corrected chi connectivity index (χ0v) is 9.07. The second-order valence-corrected chi connectivity index (χ2v) is 4.09. The number of rotatable bonds is 4. The fourth-order valence-electron chi connectivity index (χ4n) is 1.63. The molecule has 0 aromatic carbocycles. The van der Waals surface area contributed by atoms with E-state index in [-0.39, 0.29) is 5.78 Å². The van der Waals surface area contributed by atoms with Crippen molar-refractivity contribution in [2.75, 3.05) is 19.6 Å². The molecule has 3 nitrogen and oxygen atoms in total. The van der Waals surface area contributed by atoms with E-state index in [1.807, 2.05) is 19.1 Å². The van der Waals surface area contributed by atoms with E-state index in [0.717, 1.165) is 25.2 Å². The highest BCUT2D eigenvalue weighted by Crippen LogP contribution is 2.08. The van der Waals surface area contributed by atoms with Gasteiger partial charge in [0.1, 0.15) is 5.69 Å². The number of carbonyl (C=O) groups is 1. The molecule has 0 bridgehead atoms. The Hall–Kier alpha value is -1.22. The molecule has 1 fully saturated rings. The van der Waals surface area contributed by atoms with Crippen LogP contribution >= 0.6 is 0 Å². The van der Waals surface area contributed by atoms with E-state index in [0.29, 0.717) is 12.1 Å². The highest BCUT2D eigenvalue weighted by molar-refractivity contribution is 5.94. The van der Waals surface area contributed by atoms with E-state index in [4.69, 9.17) is 0 Å². The number of hydrogen-bond donors (Lipinski definition) is 0. The Morgan fingerprint density at radius 3 is 2.80 bits per heavy atom. The third-order valence-corrected chi connectivity index (χ3v) is 2.80. The number of carbonyl (C=O) groups excluding carboxylic acids is 1. The number of nitrogens with zero attached hydrogens (tertiary/aromatic N) is 2. The van der Waals surface area contributed by atoms with Crippen molar-refractivity contribution in [1.82, 2.24) is 9.88 Å². The van der Waals surface area contributed by atoms with Crippen molar-refractivity contribution >= 4 is 5.78 Å². The molecule has 0 saturated carbocycles. The summed E-state index contributed by atoms with van der Waals surface area (Å²) in [5.74, 6) is 0.155. The minimum Gasteiger partial charge on any atom is -0.303 e. The lowest BCUT2D eigenvalue weighted by Crippen LogP contribution is -2.38. The lowest BCUT2D eigenvalue weighted by molar-refractivity contribution is 0.0937. The van der Waals surface area contributed by atoms with Crippen LogP contribution in [0, 0.1) is 6.92 Å². The maximum atomic E-state index is 11.7. The van der Waals surface area contributed by atoms with Crippen LogP contribution < -0.4 is 0 Å². The number of hydrogen-bond acceptors (Lipinski definition) is 3. The number of ketones is 1. The van der Waals surface area contributed by atoms with Gasteiger partial charge in [-0.05, 0) is 38.1 Å². The molecule has 80 valence electrons. The number of aromatic nitrogens is 1. The van der Waals surface area contributed by atoms with E-state index in [1.165, 1.54) is 6.42 Å². The van der Waals surface area contributed by atoms with Crippen molar-refractivity contribution in [2.45, 2.75) is 19.8 Å². The van der Waals surface area contributed by atoms with Crippen LogP contribution in [0.1, 0.15) is 28.9 Å². The quantitative estimate of drug-likeness (QED) is 0.699. The van der Waals surface area contributed by atoms with E-state index in [9.17, 15) is 4.79 Å². The Kier molecular flexibility index (Phi) is 3.11. The fraction of sp³-hybridized carbons (Fsp3) is 0.500. The third-order valence-electron chi connectivity index (χ3n) is 2.80. The molecule has 3 heteroatoms. The molecule has 1 aromatic heterocycles. The third kappa shape index (κ3) is 2.63. The first kappa shape index (κ1) is 10.3. The Labute approximate surface area is 90.1 Å². The second-order valence-electron chi connectivity index (χ2n) is 4.09. The van der Waals surface area contributed by atoms with Crippen molar-refractivity contribution in [3.63, 3.8) is 0 Å². The van der Waals surface area contributed by atoms with E-state index in [2.05, 4.69) is 9.88 Å². The van der Waals surface area contributed by atoms with Crippen LogP contribution in [-0.4, -0.2) is 35.3 Å². The van der Waals surface area contributed by atoms with Gasteiger partial charge >= 0.3 is 0 Å². The first-order valence-electron chi connectivity index (χ1n) is 5.44. The molecule has 0 N–H and O–H groups in total. The monoisotopic (exact) mass is 204 g/mol. The number of likely N-dealkylation sites (tertiary alicyclic amines) is 1. The Balaban J connectivity index is 1.86. The Morgan fingerprint density at radius 2 is 2.27 bits per heavy atom. The summed E-state index contributed by atoms with van der Waals surface area (Å²) >= 11 is 0. The summed E-state index contributed by atoms with van der Waals surface area (Å²) in [5, 5.41) is 0. The summed E-state index contributed by atoms with van der Waals surface area (Å²) in [7, 11) is 0. The molecule has 1 aliphatic heterocycles. The van der Waals surface area contributed by atoms with Gasteiger partial charge < -0.3 is 4.90 Å². The standard InChI is InChI=1S/C12H16N2O/c1-10-3-4-11(13-9-10)12(15)5-8-14-6-2-7-14/h3-4,9H,2,5-8H2,1H3. The van der Waals surface area contributed by atoms with Crippen LogP contribution in [0.5, 0.6) is 0 Å². The molecule has 0 atom stereocenters. The Bertz CT molecular complexity index is 341. The van der Waals surface area contributed by atoms with Crippen molar-refractivity contribution < 1.29 is 4.79 Å². The van der Waals surface area contributed by atoms with Gasteiger partial charge in [-0.25, -0.2) is 0 Å². The smallest absolute Gasteiger partial charge is 0.182 e. The van der Waals surface area contributed by atoms with Crippen LogP contribution in [0.3, 0.4) is 0 Å². The van der Waals surface area contributed by atoms with Gasteiger partial charge in [0.15, 0.2) is 5.78 Å². The molecule has 2 rings (SSSR count). The molecule has 0 unspecified atom stereocenters. The second kappa shape index (κ2) is 4.53. The summed E-state index contributed by atoms with van der Waals surface area (Å²) in [5.41, 5.74) is 1.69. The predicted molar refractivity (Wildman–Crippen MR) is 59.0 cm³/mol. The van der Waals surface area contributed by atoms with Gasteiger partial charge in [-0.3, -0.25) is 9.78 Å². The molecule has 1 aromatic rings. The molecule has 0 radical (unpaired) electrons. The molecule has 1 aliphatic rings. The minimum absolute atomic E-state index is 0.155. The normalized spacial score (nSPS) is 16.1. The highest BCUT2D eigenvalue weighted by Gasteiger charge is 2.15. The van der Waals surface area contributed by atoms with Crippen molar-refractivity contribution in [2.24, 2.45) is 0 Å². The van der Waals surface area contributed by atoms with Gasteiger partial charge in [0.2, 0.25) is 0 Å². The molecule has 2 heterocycles. The zero-order chi connectivity index (χ0) is 10.7. The van der Waals surface area contributed by atoms with Crippen LogP contribution in [0.25, 0.3) is 0 Å². The van der Waals surface area contributed by atoms with Gasteiger partial charge in [0, 0.05) is 19.2 Å². The highest BCUT2D eigenvalue weighted by atomic mass is 16.1. The average Bonchev–Trinajstić information content (AvgIpc) is 2.16. The lowest BCUT2D eigenvalue weighted by atomic mass is 10.1. The Morgan fingerprint density at radius 1 is 1.47 bits per heavy atom. The summed E-state index contributed by atoms with van der Waals surface area (Å²) in [4.78, 5) is 18.1. The predicted octanol–water partition coefficient (Wildman–Crippen LogP) is 1.67. The van der Waals surface area contributed by atoms with Crippen LogP contribution in [-0.2, 0) is 0 Å². The van der Waals surface area contributed by atoms with E-state index >= 15 is 0 Å². The number of pyridine rings is 1. The molecular weight excluding hydrogens is 188 g/mol. The van der Waals surface area contributed by atoms with E-state index < -0.39 is 0 Å². The van der Waals surface area contributed by atoms with Gasteiger partial charge in [-0.2, -0.15) is 0 Å². The van der Waals surface area contributed by atoms with Crippen molar-refractivity contribution in [3.05, 3.63) is 29.6 Å². The average molecular weight is 204 g/mol. The van der Waals surface area contributed by atoms with Crippen molar-refractivity contribution in [3.8, 4) is 0 Å². The van der Waals surface area contributed by atoms with Gasteiger partial charge in [0.05, 0.1) is 0 Å². The largest absolute Gasteiger partial charge is 0.303 e. The van der Waals surface area contributed by atoms with Gasteiger partial charge in [-0.1, -0.05) is 6.07 Å². The van der Waals surface area contributed by atoms with Crippen LogP contribution in [0.15, 0.2) is 18.3 Å². The molecular formula is C12H16N2O. The molecule has 0 spiro atoms. The molecule has 0 amide bonds. The zero-order valence-electron chi connectivity index (χ0n) is 9.07. The number of aryl methyl sites for hydroxylation is 1. The maximum Gasteiger partial charge on any atom is 0.182 e.